The van der Waals surface area contributed by atoms with Gasteiger partial charge >= 0.3 is 12.3 Å². The van der Waals surface area contributed by atoms with Gasteiger partial charge in [-0.1, -0.05) is 25.7 Å². The van der Waals surface area contributed by atoms with E-state index < -0.39 is 31.5 Å². The first kappa shape index (κ1) is 27.0. The van der Waals surface area contributed by atoms with E-state index in [0.717, 1.165) is 12.2 Å². The molecule has 1 aliphatic heterocycles. The Kier molecular flexibility index (Phi) is 7.56. The van der Waals surface area contributed by atoms with Gasteiger partial charge in [-0.25, -0.2) is 9.78 Å². The molecule has 0 atom stereocenters. The summed E-state index contributed by atoms with van der Waals surface area (Å²) in [5.74, 6) is 0.00498. The maximum atomic E-state index is 13.8. The number of alkyl halides is 3. The lowest BCUT2D eigenvalue weighted by molar-refractivity contribution is -0.136. The molecule has 0 unspecified atom stereocenters. The third-order valence-corrected chi connectivity index (χ3v) is 6.97. The van der Waals surface area contributed by atoms with E-state index in [0.29, 0.717) is 12.2 Å². The van der Waals surface area contributed by atoms with Crippen LogP contribution in [-0.4, -0.2) is 66.0 Å². The van der Waals surface area contributed by atoms with Crippen molar-refractivity contribution >= 4 is 30.8 Å². The Labute approximate surface area is 204 Å². The first-order valence-electron chi connectivity index (χ1n) is 11.4. The number of fused-ring (bicyclic) bond motifs is 1. The first-order chi connectivity index (χ1) is 16.1. The van der Waals surface area contributed by atoms with E-state index in [4.69, 9.17) is 14.2 Å². The van der Waals surface area contributed by atoms with Crippen LogP contribution in [0.5, 0.6) is 5.88 Å². The second-order valence-electron chi connectivity index (χ2n) is 10.7. The van der Waals surface area contributed by atoms with Crippen LogP contribution in [0.2, 0.25) is 25.7 Å². The molecule has 0 aromatic carbocycles. The molecule has 3 heterocycles. The molecule has 1 aliphatic rings. The fraction of sp³-hybridized carbons (Fsp3) is 0.609. The molecular formula is C23H33F3N4O4Si. The van der Waals surface area contributed by atoms with Crippen LogP contribution in [0, 0.1) is 0 Å². The van der Waals surface area contributed by atoms with Crippen molar-refractivity contribution in [2.45, 2.75) is 65.0 Å². The van der Waals surface area contributed by atoms with Crippen LogP contribution in [0.25, 0.3) is 16.6 Å². The van der Waals surface area contributed by atoms with Gasteiger partial charge in [-0.2, -0.15) is 18.2 Å². The summed E-state index contributed by atoms with van der Waals surface area (Å²) in [5, 5.41) is -0.222. The molecule has 0 spiro atoms. The number of hydrogen-bond acceptors (Lipinski definition) is 6. The van der Waals surface area contributed by atoms with Crippen molar-refractivity contribution in [1.29, 1.82) is 0 Å². The number of amides is 1. The number of carbonyl (C=O) groups excluding carboxylic acids is 1. The highest BCUT2D eigenvalue weighted by atomic mass is 28.3. The number of methoxy groups -OCH3 is 1. The molecule has 1 amide bonds. The van der Waals surface area contributed by atoms with Gasteiger partial charge in [0, 0.05) is 33.0 Å². The van der Waals surface area contributed by atoms with Crippen molar-refractivity contribution < 1.29 is 32.2 Å². The summed E-state index contributed by atoms with van der Waals surface area (Å²) >= 11 is 0. The van der Waals surface area contributed by atoms with Gasteiger partial charge in [0.25, 0.3) is 0 Å². The zero-order chi connectivity index (χ0) is 26.2. The number of carbonyl (C=O) groups is 1. The van der Waals surface area contributed by atoms with Crippen molar-refractivity contribution in [2.75, 3.05) is 26.8 Å². The van der Waals surface area contributed by atoms with Crippen LogP contribution in [-0.2, 0) is 22.4 Å². The molecule has 194 valence electrons. The van der Waals surface area contributed by atoms with Crippen LogP contribution in [0.4, 0.5) is 18.0 Å². The van der Waals surface area contributed by atoms with Crippen molar-refractivity contribution in [3.8, 4) is 5.88 Å². The van der Waals surface area contributed by atoms with E-state index in [1.54, 1.807) is 26.8 Å². The number of aromatic nitrogens is 3. The van der Waals surface area contributed by atoms with Crippen LogP contribution >= 0.6 is 0 Å². The number of nitrogens with zero attached hydrogens (tertiary/aromatic N) is 4. The predicted octanol–water partition coefficient (Wildman–Crippen LogP) is 5.41. The van der Waals surface area contributed by atoms with E-state index in [1.807, 2.05) is 0 Å². The normalized spacial score (nSPS) is 15.0. The lowest BCUT2D eigenvalue weighted by Crippen LogP contribution is -2.35. The second kappa shape index (κ2) is 9.80. The Morgan fingerprint density at radius 2 is 1.86 bits per heavy atom. The molecule has 3 rings (SSSR count). The molecule has 2 aromatic rings. The Morgan fingerprint density at radius 1 is 1.17 bits per heavy atom. The summed E-state index contributed by atoms with van der Waals surface area (Å²) in [5.41, 5.74) is -0.885. The monoisotopic (exact) mass is 514 g/mol. The van der Waals surface area contributed by atoms with Gasteiger partial charge in [0.1, 0.15) is 18.0 Å². The fourth-order valence-electron chi connectivity index (χ4n) is 3.48. The first-order valence-corrected chi connectivity index (χ1v) is 15.1. The van der Waals surface area contributed by atoms with Crippen LogP contribution in [0.15, 0.2) is 12.3 Å². The summed E-state index contributed by atoms with van der Waals surface area (Å²) in [6.07, 6.45) is -2.38. The quantitative estimate of drug-likeness (QED) is 0.363. The minimum Gasteiger partial charge on any atom is -0.480 e. The summed E-state index contributed by atoms with van der Waals surface area (Å²) in [7, 11) is -0.0887. The third-order valence-electron chi connectivity index (χ3n) is 5.27. The minimum absolute atomic E-state index is 0.0591. The number of ether oxygens (including phenoxy) is 3. The lowest BCUT2D eigenvalue weighted by atomic mass is 10.2. The molecule has 0 bridgehead atoms. The van der Waals surface area contributed by atoms with Crippen LogP contribution in [0.1, 0.15) is 32.2 Å². The molecule has 0 saturated heterocycles. The highest BCUT2D eigenvalue weighted by Crippen LogP contribution is 2.40. The summed E-state index contributed by atoms with van der Waals surface area (Å²) in [6, 6.07) is 0.884. The third kappa shape index (κ3) is 6.75. The zero-order valence-corrected chi connectivity index (χ0v) is 22.2. The molecule has 35 heavy (non-hydrogen) atoms. The molecule has 12 heteroatoms. The highest BCUT2D eigenvalue weighted by molar-refractivity contribution is 6.76. The topological polar surface area (TPSA) is 78.7 Å². The Balaban J connectivity index is 1.94. The number of halogens is 3. The van der Waals surface area contributed by atoms with Crippen molar-refractivity contribution in [3.63, 3.8) is 0 Å². The average molecular weight is 515 g/mol. The maximum absolute atomic E-state index is 13.8. The summed E-state index contributed by atoms with van der Waals surface area (Å²) < 4.78 is 59.2. The summed E-state index contributed by atoms with van der Waals surface area (Å²) in [6.45, 7) is 12.7. The maximum Gasteiger partial charge on any atom is 0.418 e. The van der Waals surface area contributed by atoms with E-state index >= 15 is 0 Å². The van der Waals surface area contributed by atoms with Crippen LogP contribution in [0.3, 0.4) is 0 Å². The largest absolute Gasteiger partial charge is 0.480 e. The standard InChI is InChI=1S/C23H33F3N4O4Si/c1-22(2,3)34-21(31)29-9-8-15(12-29)18-27-19-17(20(28-18)32-4)16(23(24,25)26)13-30(19)14-33-10-11-35(5,6)7/h8,13H,9-12,14H2,1-7H3. The molecule has 0 aliphatic carbocycles. The second-order valence-corrected chi connectivity index (χ2v) is 16.3. The minimum atomic E-state index is -4.62. The SMILES string of the molecule is COc1nc(C2=CCN(C(=O)OC(C)(C)C)C2)nc2c1c(C(F)(F)F)cn2COCC[Si](C)(C)C. The van der Waals surface area contributed by atoms with Crippen LogP contribution < -0.4 is 4.74 Å². The molecule has 0 N–H and O–H groups in total. The van der Waals surface area contributed by atoms with Gasteiger partial charge in [0.05, 0.1) is 24.6 Å². The van der Waals surface area contributed by atoms with Gasteiger partial charge in [-0.15, -0.1) is 0 Å². The van der Waals surface area contributed by atoms with Crippen molar-refractivity contribution in [3.05, 3.63) is 23.7 Å². The Morgan fingerprint density at radius 3 is 2.43 bits per heavy atom. The van der Waals surface area contributed by atoms with E-state index in [9.17, 15) is 18.0 Å². The molecule has 0 radical (unpaired) electrons. The Bertz CT molecular complexity index is 1120. The molecule has 0 fully saturated rings. The van der Waals surface area contributed by atoms with Crippen molar-refractivity contribution in [2.24, 2.45) is 0 Å². The fourth-order valence-corrected chi connectivity index (χ4v) is 4.24. The smallest absolute Gasteiger partial charge is 0.418 e. The average Bonchev–Trinajstić information content (AvgIpc) is 3.34. The molecule has 0 saturated carbocycles. The molecule has 2 aromatic heterocycles. The molecular weight excluding hydrogens is 481 g/mol. The van der Waals surface area contributed by atoms with E-state index in [-0.39, 0.29) is 42.6 Å². The van der Waals surface area contributed by atoms with Gasteiger partial charge in [-0.05, 0) is 26.8 Å². The zero-order valence-electron chi connectivity index (χ0n) is 21.2. The Hall–Kier alpha value is -2.60. The summed E-state index contributed by atoms with van der Waals surface area (Å²) in [4.78, 5) is 22.6. The number of rotatable bonds is 7. The van der Waals surface area contributed by atoms with Crippen molar-refractivity contribution in [1.82, 2.24) is 19.4 Å². The van der Waals surface area contributed by atoms with Gasteiger partial charge in [0.15, 0.2) is 5.82 Å². The van der Waals surface area contributed by atoms with Gasteiger partial charge < -0.3 is 23.7 Å². The van der Waals surface area contributed by atoms with Gasteiger partial charge in [0.2, 0.25) is 5.88 Å². The van der Waals surface area contributed by atoms with Gasteiger partial charge in [-0.3, -0.25) is 0 Å². The molecule has 8 nitrogen and oxygen atoms in total. The predicted molar refractivity (Wildman–Crippen MR) is 129 cm³/mol. The van der Waals surface area contributed by atoms with E-state index in [1.165, 1.54) is 16.6 Å². The lowest BCUT2D eigenvalue weighted by Gasteiger charge is -2.24. The van der Waals surface area contributed by atoms with E-state index in [2.05, 4.69) is 29.6 Å². The number of hydrogen-bond donors (Lipinski definition) is 0. The highest BCUT2D eigenvalue weighted by Gasteiger charge is 2.38.